The molecule has 2 aromatic heterocycles. The van der Waals surface area contributed by atoms with E-state index in [0.717, 1.165) is 24.8 Å². The summed E-state index contributed by atoms with van der Waals surface area (Å²) in [5, 5.41) is 2.92. The molecule has 2 aliphatic rings. The van der Waals surface area contributed by atoms with Crippen LogP contribution in [0.4, 0.5) is 14.6 Å². The lowest BCUT2D eigenvalue weighted by atomic mass is 9.85. The average molecular weight is 444 g/mol. The molecule has 2 amide bonds. The van der Waals surface area contributed by atoms with Crippen molar-refractivity contribution in [3.8, 4) is 5.88 Å². The Labute approximate surface area is 185 Å². The second kappa shape index (κ2) is 8.80. The van der Waals surface area contributed by atoms with Crippen LogP contribution in [0.5, 0.6) is 5.88 Å². The number of aryl methyl sites for hydroxylation is 1. The third-order valence-electron chi connectivity index (χ3n) is 6.30. The number of alkyl halides is 2. The molecule has 1 saturated carbocycles. The van der Waals surface area contributed by atoms with E-state index in [9.17, 15) is 18.4 Å². The number of ether oxygens (including phenoxy) is 1. The summed E-state index contributed by atoms with van der Waals surface area (Å²) < 4.78 is 29.9. The molecule has 2 unspecified atom stereocenters. The fraction of sp³-hybridized carbons (Fsp3) is 0.478. The van der Waals surface area contributed by atoms with Gasteiger partial charge in [-0.1, -0.05) is 6.42 Å². The number of hydrogen-bond donors (Lipinski definition) is 1. The topological polar surface area (TPSA) is 84.4 Å². The van der Waals surface area contributed by atoms with E-state index in [1.165, 1.54) is 6.20 Å². The molecule has 2 atom stereocenters. The van der Waals surface area contributed by atoms with Crippen LogP contribution in [0.3, 0.4) is 0 Å². The Balaban J connectivity index is 1.56. The summed E-state index contributed by atoms with van der Waals surface area (Å²) in [6.07, 6.45) is 3.30. The van der Waals surface area contributed by atoms with E-state index in [0.29, 0.717) is 22.5 Å². The number of pyridine rings is 2. The zero-order valence-electron chi connectivity index (χ0n) is 18.3. The van der Waals surface area contributed by atoms with Gasteiger partial charge in [-0.3, -0.25) is 9.59 Å². The number of fused-ring (bicyclic) bond motifs is 1. The molecule has 1 fully saturated rings. The number of carbonyl (C=O) groups is 2. The van der Waals surface area contributed by atoms with Crippen molar-refractivity contribution in [2.75, 3.05) is 11.9 Å². The number of halogens is 2. The van der Waals surface area contributed by atoms with Crippen LogP contribution in [0.15, 0.2) is 24.5 Å². The van der Waals surface area contributed by atoms with Gasteiger partial charge >= 0.3 is 0 Å². The summed E-state index contributed by atoms with van der Waals surface area (Å²) in [5.41, 5.74) is 2.60. The average Bonchev–Trinajstić information content (AvgIpc) is 2.96. The number of aromatic nitrogens is 2. The summed E-state index contributed by atoms with van der Waals surface area (Å²) >= 11 is 0. The number of nitrogens with one attached hydrogen (secondary N) is 1. The van der Waals surface area contributed by atoms with Gasteiger partial charge in [-0.05, 0) is 51.3 Å². The largest absolute Gasteiger partial charge is 0.471 e. The van der Waals surface area contributed by atoms with Crippen molar-refractivity contribution in [1.82, 2.24) is 14.9 Å². The number of carbonyl (C=O) groups excluding carboxylic acids is 2. The Hall–Kier alpha value is -3.10. The molecular formula is C23H26F2N4O3. The van der Waals surface area contributed by atoms with Crippen LogP contribution in [-0.4, -0.2) is 39.7 Å². The molecule has 0 aromatic carbocycles. The van der Waals surface area contributed by atoms with Gasteiger partial charge in [0.25, 0.3) is 12.3 Å². The van der Waals surface area contributed by atoms with Crippen LogP contribution in [-0.2, 0) is 4.79 Å². The van der Waals surface area contributed by atoms with Gasteiger partial charge in [0.15, 0.2) is 6.61 Å². The van der Waals surface area contributed by atoms with Crippen molar-refractivity contribution in [3.63, 3.8) is 0 Å². The Kier molecular flexibility index (Phi) is 6.08. The third-order valence-corrected chi connectivity index (χ3v) is 6.30. The zero-order chi connectivity index (χ0) is 23.0. The normalized spacial score (nSPS) is 19.0. The van der Waals surface area contributed by atoms with Gasteiger partial charge in [-0.15, -0.1) is 0 Å². The van der Waals surface area contributed by atoms with Gasteiger partial charge in [-0.2, -0.15) is 0 Å². The summed E-state index contributed by atoms with van der Waals surface area (Å²) in [7, 11) is 0. The molecule has 32 heavy (non-hydrogen) atoms. The minimum atomic E-state index is -2.58. The molecule has 4 rings (SSSR count). The highest BCUT2D eigenvalue weighted by molar-refractivity contribution is 6.02. The maximum atomic E-state index is 13.2. The van der Waals surface area contributed by atoms with Gasteiger partial charge in [-0.25, -0.2) is 18.7 Å². The second-order valence-corrected chi connectivity index (χ2v) is 8.40. The fourth-order valence-electron chi connectivity index (χ4n) is 4.30. The predicted octanol–water partition coefficient (Wildman–Crippen LogP) is 4.45. The highest BCUT2D eigenvalue weighted by atomic mass is 19.3. The molecule has 1 N–H and O–H groups in total. The van der Waals surface area contributed by atoms with Gasteiger partial charge in [0.05, 0.1) is 17.6 Å². The van der Waals surface area contributed by atoms with Crippen molar-refractivity contribution in [2.45, 2.75) is 58.5 Å². The summed E-state index contributed by atoms with van der Waals surface area (Å²) in [6, 6.07) is 2.81. The molecule has 170 valence electrons. The molecule has 0 saturated heterocycles. The Bertz CT molecular complexity index is 1040. The number of hydrogen-bond acceptors (Lipinski definition) is 5. The molecule has 1 aliphatic heterocycles. The maximum Gasteiger partial charge on any atom is 0.272 e. The SMILES string of the molecule is Cc1cc(C(C)N2C(=O)c3ccnc(NC(=O)C4CCC4)c3C2C)cnc1OCC(F)F. The van der Waals surface area contributed by atoms with Crippen molar-refractivity contribution >= 4 is 17.6 Å². The van der Waals surface area contributed by atoms with Crippen LogP contribution < -0.4 is 10.1 Å². The summed E-state index contributed by atoms with van der Waals surface area (Å²) in [5.74, 6) is 0.380. The second-order valence-electron chi connectivity index (χ2n) is 8.40. The summed E-state index contributed by atoms with van der Waals surface area (Å²) in [4.78, 5) is 36.0. The molecule has 9 heteroatoms. The van der Waals surface area contributed by atoms with Crippen molar-refractivity contribution in [3.05, 3.63) is 46.8 Å². The van der Waals surface area contributed by atoms with Gasteiger partial charge in [0, 0.05) is 29.4 Å². The molecular weight excluding hydrogens is 418 g/mol. The van der Waals surface area contributed by atoms with Gasteiger partial charge in [0.1, 0.15) is 5.82 Å². The first-order valence-corrected chi connectivity index (χ1v) is 10.8. The van der Waals surface area contributed by atoms with Crippen LogP contribution in [0.2, 0.25) is 0 Å². The number of nitrogens with zero attached hydrogens (tertiary/aromatic N) is 3. The van der Waals surface area contributed by atoms with E-state index in [1.807, 2.05) is 13.8 Å². The molecule has 3 heterocycles. The van der Waals surface area contributed by atoms with E-state index >= 15 is 0 Å². The standard InChI is InChI=1S/C23H26F2N4O3/c1-12-9-16(10-27-22(12)32-11-18(24)25)13(2)29-14(3)19-17(23(29)31)7-8-26-20(19)28-21(30)15-5-4-6-15/h7-10,13-15,18H,4-6,11H2,1-3H3,(H,26,28,30). The minimum Gasteiger partial charge on any atom is -0.471 e. The van der Waals surface area contributed by atoms with Crippen LogP contribution >= 0.6 is 0 Å². The lowest BCUT2D eigenvalue weighted by Crippen LogP contribution is -2.30. The van der Waals surface area contributed by atoms with E-state index < -0.39 is 13.0 Å². The van der Waals surface area contributed by atoms with E-state index in [-0.39, 0.29) is 35.7 Å². The van der Waals surface area contributed by atoms with E-state index in [2.05, 4.69) is 15.3 Å². The number of anilines is 1. The maximum absolute atomic E-state index is 13.2. The lowest BCUT2D eigenvalue weighted by Gasteiger charge is -2.30. The monoisotopic (exact) mass is 444 g/mol. The van der Waals surface area contributed by atoms with E-state index in [1.54, 1.807) is 30.2 Å². The smallest absolute Gasteiger partial charge is 0.272 e. The molecule has 2 aromatic rings. The molecule has 0 bridgehead atoms. The third kappa shape index (κ3) is 4.03. The first kappa shape index (κ1) is 22.1. The van der Waals surface area contributed by atoms with Crippen LogP contribution in [0.1, 0.15) is 72.2 Å². The lowest BCUT2D eigenvalue weighted by molar-refractivity contribution is -0.122. The van der Waals surface area contributed by atoms with Crippen molar-refractivity contribution in [2.24, 2.45) is 5.92 Å². The first-order chi connectivity index (χ1) is 15.3. The van der Waals surface area contributed by atoms with Crippen LogP contribution in [0, 0.1) is 12.8 Å². The van der Waals surface area contributed by atoms with Gasteiger partial charge in [0.2, 0.25) is 11.8 Å². The molecule has 0 spiro atoms. The zero-order valence-corrected chi connectivity index (χ0v) is 18.3. The molecule has 1 aliphatic carbocycles. The van der Waals surface area contributed by atoms with Crippen molar-refractivity contribution < 1.29 is 23.1 Å². The first-order valence-electron chi connectivity index (χ1n) is 10.8. The Morgan fingerprint density at radius 2 is 2.09 bits per heavy atom. The highest BCUT2D eigenvalue weighted by Crippen LogP contribution is 2.42. The van der Waals surface area contributed by atoms with Gasteiger partial charge < -0.3 is 15.0 Å². The molecule has 0 radical (unpaired) electrons. The van der Waals surface area contributed by atoms with E-state index in [4.69, 9.17) is 4.74 Å². The number of rotatable bonds is 7. The quantitative estimate of drug-likeness (QED) is 0.682. The minimum absolute atomic E-state index is 0.00921. The predicted molar refractivity (Wildman–Crippen MR) is 114 cm³/mol. The molecule has 7 nitrogen and oxygen atoms in total. The summed E-state index contributed by atoms with van der Waals surface area (Å²) in [6.45, 7) is 4.80. The van der Waals surface area contributed by atoms with Crippen molar-refractivity contribution in [1.29, 1.82) is 0 Å². The highest BCUT2D eigenvalue weighted by Gasteiger charge is 2.40. The fourth-order valence-corrected chi connectivity index (χ4v) is 4.30. The number of amides is 2. The Morgan fingerprint density at radius 3 is 2.72 bits per heavy atom. The van der Waals surface area contributed by atoms with Crippen LogP contribution in [0.25, 0.3) is 0 Å². The Morgan fingerprint density at radius 1 is 1.34 bits per heavy atom.